The lowest BCUT2D eigenvalue weighted by molar-refractivity contribution is -0.137. The second kappa shape index (κ2) is 10.9. The van der Waals surface area contributed by atoms with Crippen LogP contribution in [0.15, 0.2) is 60.7 Å². The number of aryl methyl sites for hydroxylation is 1. The van der Waals surface area contributed by atoms with Crippen LogP contribution in [0.25, 0.3) is 22.3 Å². The van der Waals surface area contributed by atoms with E-state index in [2.05, 4.69) is 5.32 Å². The van der Waals surface area contributed by atoms with Gasteiger partial charge in [-0.15, -0.1) is 0 Å². The van der Waals surface area contributed by atoms with Gasteiger partial charge >= 0.3 is 5.97 Å². The van der Waals surface area contributed by atoms with Crippen molar-refractivity contribution in [2.24, 2.45) is 0 Å². The molecule has 0 bridgehead atoms. The Hall–Kier alpha value is -4.40. The van der Waals surface area contributed by atoms with Crippen LogP contribution in [0.4, 0.5) is 8.78 Å². The number of ether oxygens (including phenoxy) is 1. The topological polar surface area (TPSA) is 101 Å². The van der Waals surface area contributed by atoms with Gasteiger partial charge in [-0.3, -0.25) is 9.59 Å². The van der Waals surface area contributed by atoms with Crippen LogP contribution in [0.1, 0.15) is 53.3 Å². The number of nitrogens with one attached hydrogen (secondary N) is 1. The van der Waals surface area contributed by atoms with E-state index < -0.39 is 23.6 Å². The maximum Gasteiger partial charge on any atom is 0.303 e. The largest absolute Gasteiger partial charge is 0.493 e. The average molecular weight is 518 g/mol. The number of nitrogens with zero attached hydrogens (tertiary/aromatic N) is 2. The number of aliphatic carboxylic acids is 1. The zero-order valence-corrected chi connectivity index (χ0v) is 20.4. The van der Waals surface area contributed by atoms with Gasteiger partial charge in [-0.05, 0) is 43.5 Å². The van der Waals surface area contributed by atoms with E-state index in [1.54, 1.807) is 18.2 Å². The Morgan fingerprint density at radius 2 is 1.76 bits per heavy atom. The highest BCUT2D eigenvalue weighted by Crippen LogP contribution is 2.34. The third-order valence-electron chi connectivity index (χ3n) is 6.50. The number of hydrogen-bond donors (Lipinski definition) is 2. The fourth-order valence-corrected chi connectivity index (χ4v) is 4.58. The Labute approximate surface area is 217 Å². The van der Waals surface area contributed by atoms with E-state index in [9.17, 15) is 18.4 Å². The van der Waals surface area contributed by atoms with Gasteiger partial charge in [0, 0.05) is 35.6 Å². The lowest BCUT2D eigenvalue weighted by Crippen LogP contribution is -2.32. The highest BCUT2D eigenvalue weighted by Gasteiger charge is 2.26. The average Bonchev–Trinajstić information content (AvgIpc) is 2.91. The molecule has 5 rings (SSSR count). The second-order valence-electron chi connectivity index (χ2n) is 9.16. The zero-order valence-electron chi connectivity index (χ0n) is 20.4. The number of benzene rings is 3. The van der Waals surface area contributed by atoms with Crippen molar-refractivity contribution in [3.63, 3.8) is 0 Å². The molecule has 0 saturated heterocycles. The lowest BCUT2D eigenvalue weighted by Gasteiger charge is -2.27. The molecule has 0 saturated carbocycles. The van der Waals surface area contributed by atoms with Crippen LogP contribution in [0.5, 0.6) is 5.75 Å². The van der Waals surface area contributed by atoms with Crippen molar-refractivity contribution in [2.75, 3.05) is 6.61 Å². The summed E-state index contributed by atoms with van der Waals surface area (Å²) >= 11 is 0. The summed E-state index contributed by atoms with van der Waals surface area (Å²) in [6.45, 7) is 0.264. The molecule has 1 aliphatic rings. The number of unbranched alkanes of at least 4 members (excludes halogenated alkanes) is 1. The van der Waals surface area contributed by atoms with Gasteiger partial charge in [0.05, 0.1) is 35.1 Å². The Balaban J connectivity index is 1.43. The number of halogens is 2. The zero-order chi connectivity index (χ0) is 26.6. The minimum absolute atomic E-state index is 0.0812. The predicted octanol–water partition coefficient (Wildman–Crippen LogP) is 5.63. The summed E-state index contributed by atoms with van der Waals surface area (Å²) < 4.78 is 32.9. The number of rotatable bonds is 8. The van der Waals surface area contributed by atoms with Gasteiger partial charge in [0.25, 0.3) is 5.91 Å². The Morgan fingerprint density at radius 1 is 0.974 bits per heavy atom. The maximum atomic E-state index is 13.9. The first-order valence-electron chi connectivity index (χ1n) is 12.4. The number of hydrogen-bond acceptors (Lipinski definition) is 5. The van der Waals surface area contributed by atoms with Crippen molar-refractivity contribution in [1.29, 1.82) is 0 Å². The number of carbonyl (C=O) groups is 2. The van der Waals surface area contributed by atoms with E-state index in [1.165, 1.54) is 0 Å². The highest BCUT2D eigenvalue weighted by molar-refractivity contribution is 5.97. The normalized spacial score (nSPS) is 14.5. The molecule has 0 aliphatic carbocycles. The van der Waals surface area contributed by atoms with Crippen molar-refractivity contribution in [1.82, 2.24) is 15.3 Å². The van der Waals surface area contributed by atoms with Crippen LogP contribution >= 0.6 is 0 Å². The molecular weight excluding hydrogens is 492 g/mol. The minimum Gasteiger partial charge on any atom is -0.493 e. The Bertz CT molecular complexity index is 1510. The molecule has 194 valence electrons. The predicted molar refractivity (Wildman–Crippen MR) is 137 cm³/mol. The third kappa shape index (κ3) is 5.46. The molecule has 0 spiro atoms. The lowest BCUT2D eigenvalue weighted by atomic mass is 9.99. The fourth-order valence-electron chi connectivity index (χ4n) is 4.58. The summed E-state index contributed by atoms with van der Waals surface area (Å²) in [4.78, 5) is 33.7. The summed E-state index contributed by atoms with van der Waals surface area (Å²) in [6, 6.07) is 16.2. The van der Waals surface area contributed by atoms with E-state index in [4.69, 9.17) is 19.8 Å². The first-order chi connectivity index (χ1) is 18.4. The van der Waals surface area contributed by atoms with E-state index in [-0.39, 0.29) is 24.7 Å². The highest BCUT2D eigenvalue weighted by atomic mass is 19.2. The summed E-state index contributed by atoms with van der Waals surface area (Å²) in [6.07, 6.45) is 2.18. The Kier molecular flexibility index (Phi) is 7.26. The first-order valence-corrected chi connectivity index (χ1v) is 12.4. The minimum atomic E-state index is -1.00. The second-order valence-corrected chi connectivity index (χ2v) is 9.16. The van der Waals surface area contributed by atoms with Gasteiger partial charge in [0.1, 0.15) is 5.75 Å². The number of carbonyl (C=O) groups excluding carboxylic acids is 1. The van der Waals surface area contributed by atoms with Crippen molar-refractivity contribution >= 4 is 22.9 Å². The molecule has 7 nitrogen and oxygen atoms in total. The quantitative estimate of drug-likeness (QED) is 0.294. The molecule has 1 aliphatic heterocycles. The van der Waals surface area contributed by atoms with E-state index in [0.29, 0.717) is 47.8 Å². The number of amides is 1. The molecule has 1 amide bonds. The van der Waals surface area contributed by atoms with Crippen molar-refractivity contribution in [3.8, 4) is 17.0 Å². The Morgan fingerprint density at radius 3 is 2.55 bits per heavy atom. The molecule has 0 fully saturated rings. The van der Waals surface area contributed by atoms with Gasteiger partial charge < -0.3 is 15.2 Å². The number of fused-ring (bicyclic) bond motifs is 2. The number of aromatic nitrogens is 2. The molecule has 38 heavy (non-hydrogen) atoms. The SMILES string of the molecule is O=C(O)CCCCc1nc2cc(C(=O)N[C@@H]3CCOc4cc(F)c(F)cc43)ccc2nc1-c1ccccc1. The summed E-state index contributed by atoms with van der Waals surface area (Å²) in [5.41, 5.74) is 4.24. The van der Waals surface area contributed by atoms with Crippen LogP contribution in [0, 0.1) is 11.6 Å². The molecule has 4 aromatic rings. The summed E-state index contributed by atoms with van der Waals surface area (Å²) in [5.74, 6) is -3.01. The number of carboxylic acids is 1. The monoisotopic (exact) mass is 517 g/mol. The molecule has 2 N–H and O–H groups in total. The van der Waals surface area contributed by atoms with Crippen LogP contribution < -0.4 is 10.1 Å². The van der Waals surface area contributed by atoms with Gasteiger partial charge in [-0.2, -0.15) is 0 Å². The van der Waals surface area contributed by atoms with Gasteiger partial charge in [0.15, 0.2) is 11.6 Å². The van der Waals surface area contributed by atoms with Crippen molar-refractivity contribution in [2.45, 2.75) is 38.1 Å². The number of carboxylic acid groups (broad SMARTS) is 1. The first kappa shape index (κ1) is 25.3. The fraction of sp³-hybridized carbons (Fsp3) is 0.241. The van der Waals surface area contributed by atoms with E-state index >= 15 is 0 Å². The summed E-state index contributed by atoms with van der Waals surface area (Å²) in [7, 11) is 0. The van der Waals surface area contributed by atoms with Gasteiger partial charge in [-0.25, -0.2) is 18.7 Å². The van der Waals surface area contributed by atoms with Crippen LogP contribution in [-0.2, 0) is 11.2 Å². The molecular formula is C29H25F2N3O4. The molecule has 0 radical (unpaired) electrons. The van der Waals surface area contributed by atoms with Gasteiger partial charge in [0.2, 0.25) is 0 Å². The molecule has 1 aromatic heterocycles. The third-order valence-corrected chi connectivity index (χ3v) is 6.50. The van der Waals surface area contributed by atoms with E-state index in [1.807, 2.05) is 30.3 Å². The van der Waals surface area contributed by atoms with Crippen LogP contribution in [0.2, 0.25) is 0 Å². The molecule has 9 heteroatoms. The standard InChI is InChI=1S/C29H25F2N3O4/c30-20-15-19-22(12-13-38-26(19)16-21(20)31)34-29(37)18-10-11-23-25(14-18)32-24(8-4-5-9-27(35)36)28(33-23)17-6-2-1-3-7-17/h1-3,6-7,10-11,14-16,22H,4-5,8-9,12-13H2,(H,34,37)(H,35,36)/t22-/m1/s1. The molecule has 0 unspecified atom stereocenters. The summed E-state index contributed by atoms with van der Waals surface area (Å²) in [5, 5.41) is 11.9. The maximum absolute atomic E-state index is 13.9. The molecule has 3 aromatic carbocycles. The van der Waals surface area contributed by atoms with Crippen molar-refractivity contribution < 1.29 is 28.2 Å². The van der Waals surface area contributed by atoms with Gasteiger partial charge in [-0.1, -0.05) is 30.3 Å². The van der Waals surface area contributed by atoms with Crippen LogP contribution in [0.3, 0.4) is 0 Å². The smallest absolute Gasteiger partial charge is 0.303 e. The van der Waals surface area contributed by atoms with E-state index in [0.717, 1.165) is 29.1 Å². The molecule has 1 atom stereocenters. The molecule has 2 heterocycles. The van der Waals surface area contributed by atoms with Crippen LogP contribution in [-0.4, -0.2) is 33.6 Å². The van der Waals surface area contributed by atoms with Crippen molar-refractivity contribution in [3.05, 3.63) is 89.1 Å².